The van der Waals surface area contributed by atoms with Gasteiger partial charge in [0.25, 0.3) is 5.91 Å². The molecule has 116 valence electrons. The highest BCUT2D eigenvalue weighted by molar-refractivity contribution is 6.30. The van der Waals surface area contributed by atoms with E-state index in [-0.39, 0.29) is 11.4 Å². The number of hydrogen-bond acceptors (Lipinski definition) is 2. The van der Waals surface area contributed by atoms with Crippen LogP contribution in [0.25, 0.3) is 0 Å². The number of aliphatic imine (C=N–C) groups is 1. The van der Waals surface area contributed by atoms with Crippen molar-refractivity contribution < 1.29 is 4.79 Å². The van der Waals surface area contributed by atoms with Gasteiger partial charge in [0.1, 0.15) is 0 Å². The second-order valence-electron chi connectivity index (χ2n) is 5.64. The molecule has 3 N–H and O–H groups in total. The number of rotatable bonds is 4. The Labute approximate surface area is 131 Å². The van der Waals surface area contributed by atoms with Gasteiger partial charge in [-0.3, -0.25) is 9.79 Å². The minimum Gasteiger partial charge on any atom is -0.355 e. The summed E-state index contributed by atoms with van der Waals surface area (Å²) >= 11 is 5.78. The number of guanidine groups is 1. The van der Waals surface area contributed by atoms with Gasteiger partial charge in [-0.1, -0.05) is 11.6 Å². The molecule has 0 aliphatic carbocycles. The second-order valence-corrected chi connectivity index (χ2v) is 6.07. The maximum atomic E-state index is 11.9. The van der Waals surface area contributed by atoms with Gasteiger partial charge in [-0.15, -0.1) is 0 Å². The molecule has 0 aliphatic rings. The third-order valence-corrected chi connectivity index (χ3v) is 2.78. The van der Waals surface area contributed by atoms with Crippen molar-refractivity contribution in [2.75, 3.05) is 20.1 Å². The number of carbonyl (C=O) groups is 1. The second kappa shape index (κ2) is 7.88. The molecular weight excluding hydrogens is 288 g/mol. The Morgan fingerprint density at radius 3 is 2.24 bits per heavy atom. The zero-order chi connectivity index (χ0) is 15.9. The maximum Gasteiger partial charge on any atom is 0.251 e. The van der Waals surface area contributed by atoms with Crippen molar-refractivity contribution >= 4 is 23.5 Å². The van der Waals surface area contributed by atoms with Crippen LogP contribution < -0.4 is 16.0 Å². The van der Waals surface area contributed by atoms with E-state index < -0.39 is 0 Å². The molecule has 1 rings (SSSR count). The summed E-state index contributed by atoms with van der Waals surface area (Å²) in [6, 6.07) is 6.80. The van der Waals surface area contributed by atoms with Crippen LogP contribution in [0.15, 0.2) is 29.3 Å². The molecule has 0 atom stereocenters. The molecule has 6 heteroatoms. The summed E-state index contributed by atoms with van der Waals surface area (Å²) in [5.41, 5.74) is 0.533. The van der Waals surface area contributed by atoms with Crippen LogP contribution in [0.5, 0.6) is 0 Å². The molecule has 0 saturated carbocycles. The van der Waals surface area contributed by atoms with E-state index in [9.17, 15) is 4.79 Å². The van der Waals surface area contributed by atoms with Gasteiger partial charge in [0.15, 0.2) is 5.96 Å². The van der Waals surface area contributed by atoms with Crippen LogP contribution >= 0.6 is 11.6 Å². The lowest BCUT2D eigenvalue weighted by Crippen LogP contribution is -2.49. The highest BCUT2D eigenvalue weighted by Crippen LogP contribution is 2.09. The predicted molar refractivity (Wildman–Crippen MR) is 88.0 cm³/mol. The van der Waals surface area contributed by atoms with E-state index >= 15 is 0 Å². The van der Waals surface area contributed by atoms with E-state index in [1.807, 2.05) is 0 Å². The van der Waals surface area contributed by atoms with Crippen molar-refractivity contribution in [3.8, 4) is 0 Å². The van der Waals surface area contributed by atoms with Crippen molar-refractivity contribution in [3.63, 3.8) is 0 Å². The highest BCUT2D eigenvalue weighted by Gasteiger charge is 2.11. The number of halogens is 1. The van der Waals surface area contributed by atoms with E-state index in [2.05, 4.69) is 41.7 Å². The lowest BCUT2D eigenvalue weighted by molar-refractivity contribution is 0.0954. The molecule has 1 amide bonds. The molecule has 0 bridgehead atoms. The molecule has 0 heterocycles. The molecule has 0 fully saturated rings. The molecule has 1 aromatic rings. The fourth-order valence-corrected chi connectivity index (χ4v) is 1.72. The Kier molecular flexibility index (Phi) is 6.49. The average Bonchev–Trinajstić information content (AvgIpc) is 2.41. The zero-order valence-electron chi connectivity index (χ0n) is 13.0. The molecule has 0 radical (unpaired) electrons. The average molecular weight is 311 g/mol. The fraction of sp³-hybridized carbons (Fsp3) is 0.467. The highest BCUT2D eigenvalue weighted by atomic mass is 35.5. The molecule has 0 aliphatic heterocycles. The van der Waals surface area contributed by atoms with Crippen molar-refractivity contribution in [1.29, 1.82) is 0 Å². The quantitative estimate of drug-likeness (QED) is 0.453. The Morgan fingerprint density at radius 1 is 1.14 bits per heavy atom. The van der Waals surface area contributed by atoms with Gasteiger partial charge in [-0.25, -0.2) is 0 Å². The number of benzene rings is 1. The van der Waals surface area contributed by atoms with Gasteiger partial charge in [-0.05, 0) is 45.0 Å². The molecule has 0 saturated heterocycles. The first-order valence-electron chi connectivity index (χ1n) is 6.84. The summed E-state index contributed by atoms with van der Waals surface area (Å²) in [4.78, 5) is 16.0. The standard InChI is InChI=1S/C15H23ClN4O/c1-15(2,3)20-14(17-4)19-10-9-18-13(21)11-5-7-12(16)8-6-11/h5-8H,9-10H2,1-4H3,(H,18,21)(H2,17,19,20). The first-order chi connectivity index (χ1) is 9.81. The third-order valence-electron chi connectivity index (χ3n) is 2.53. The summed E-state index contributed by atoms with van der Waals surface area (Å²) in [6.07, 6.45) is 0. The van der Waals surface area contributed by atoms with E-state index in [4.69, 9.17) is 11.6 Å². The van der Waals surface area contributed by atoms with Crippen LogP contribution in [0.3, 0.4) is 0 Å². The van der Waals surface area contributed by atoms with Gasteiger partial charge in [-0.2, -0.15) is 0 Å². The lowest BCUT2D eigenvalue weighted by Gasteiger charge is -2.23. The molecular formula is C15H23ClN4O. The Bertz CT molecular complexity index is 491. The number of nitrogens with zero attached hydrogens (tertiary/aromatic N) is 1. The smallest absolute Gasteiger partial charge is 0.251 e. The summed E-state index contributed by atoms with van der Waals surface area (Å²) in [7, 11) is 1.72. The van der Waals surface area contributed by atoms with E-state index in [1.54, 1.807) is 31.3 Å². The Hall–Kier alpha value is -1.75. The van der Waals surface area contributed by atoms with Gasteiger partial charge >= 0.3 is 0 Å². The summed E-state index contributed by atoms with van der Waals surface area (Å²) < 4.78 is 0. The summed E-state index contributed by atoms with van der Waals surface area (Å²) in [5, 5.41) is 9.84. The molecule has 0 spiro atoms. The van der Waals surface area contributed by atoms with E-state index in [0.717, 1.165) is 0 Å². The Morgan fingerprint density at radius 2 is 1.71 bits per heavy atom. The zero-order valence-corrected chi connectivity index (χ0v) is 13.7. The number of nitrogens with one attached hydrogen (secondary N) is 3. The van der Waals surface area contributed by atoms with E-state index in [0.29, 0.717) is 29.6 Å². The topological polar surface area (TPSA) is 65.5 Å². The number of amides is 1. The van der Waals surface area contributed by atoms with Crippen molar-refractivity contribution in [2.24, 2.45) is 4.99 Å². The normalized spacial score (nSPS) is 12.0. The molecule has 5 nitrogen and oxygen atoms in total. The first-order valence-corrected chi connectivity index (χ1v) is 7.22. The predicted octanol–water partition coefficient (Wildman–Crippen LogP) is 2.03. The monoisotopic (exact) mass is 310 g/mol. The SMILES string of the molecule is CN=C(NCCNC(=O)c1ccc(Cl)cc1)NC(C)(C)C. The van der Waals surface area contributed by atoms with Gasteiger partial charge < -0.3 is 16.0 Å². The summed E-state index contributed by atoms with van der Waals surface area (Å²) in [5.74, 6) is 0.593. The largest absolute Gasteiger partial charge is 0.355 e. The minimum atomic E-state index is -0.118. The van der Waals surface area contributed by atoms with Crippen LogP contribution in [-0.4, -0.2) is 37.5 Å². The number of carbonyl (C=O) groups excluding carboxylic acids is 1. The van der Waals surface area contributed by atoms with Crippen molar-refractivity contribution in [3.05, 3.63) is 34.9 Å². The van der Waals surface area contributed by atoms with Crippen molar-refractivity contribution in [2.45, 2.75) is 26.3 Å². The van der Waals surface area contributed by atoms with Crippen LogP contribution in [0.4, 0.5) is 0 Å². The first kappa shape index (κ1) is 17.3. The maximum absolute atomic E-state index is 11.9. The van der Waals surface area contributed by atoms with Gasteiger partial charge in [0, 0.05) is 36.3 Å². The fourth-order valence-electron chi connectivity index (χ4n) is 1.59. The molecule has 0 unspecified atom stereocenters. The minimum absolute atomic E-state index is 0.0611. The van der Waals surface area contributed by atoms with Crippen LogP contribution in [-0.2, 0) is 0 Å². The van der Waals surface area contributed by atoms with Crippen LogP contribution in [0, 0.1) is 0 Å². The van der Waals surface area contributed by atoms with Crippen molar-refractivity contribution in [1.82, 2.24) is 16.0 Å². The summed E-state index contributed by atoms with van der Waals surface area (Å²) in [6.45, 7) is 7.27. The molecule has 1 aromatic carbocycles. The lowest BCUT2D eigenvalue weighted by atomic mass is 10.1. The third kappa shape index (κ3) is 6.99. The Balaban J connectivity index is 2.33. The number of hydrogen-bond donors (Lipinski definition) is 3. The van der Waals surface area contributed by atoms with Crippen LogP contribution in [0.1, 0.15) is 31.1 Å². The van der Waals surface area contributed by atoms with Gasteiger partial charge in [0.05, 0.1) is 0 Å². The van der Waals surface area contributed by atoms with Crippen LogP contribution in [0.2, 0.25) is 5.02 Å². The van der Waals surface area contributed by atoms with E-state index in [1.165, 1.54) is 0 Å². The molecule has 21 heavy (non-hydrogen) atoms. The van der Waals surface area contributed by atoms with Gasteiger partial charge in [0.2, 0.25) is 0 Å². The molecule has 0 aromatic heterocycles.